The molecule has 5 nitrogen and oxygen atoms in total. The van der Waals surface area contributed by atoms with Crippen molar-refractivity contribution >= 4 is 5.97 Å². The number of benzene rings is 1. The highest BCUT2D eigenvalue weighted by Crippen LogP contribution is 2.29. The first kappa shape index (κ1) is 9.89. The normalized spacial score (nSPS) is 13.2. The highest BCUT2D eigenvalue weighted by Gasteiger charge is 2.14. The SMILES string of the molecule is O=C(O)c1ncc(-c2ccc3c(c2)CCO3)[nH]1. The van der Waals surface area contributed by atoms with Crippen LogP contribution in [0.1, 0.15) is 16.2 Å². The van der Waals surface area contributed by atoms with Gasteiger partial charge in [-0.05, 0) is 23.8 Å². The van der Waals surface area contributed by atoms with Crippen LogP contribution in [-0.2, 0) is 6.42 Å². The van der Waals surface area contributed by atoms with Crippen LogP contribution in [0.3, 0.4) is 0 Å². The molecule has 0 unspecified atom stereocenters. The average molecular weight is 230 g/mol. The van der Waals surface area contributed by atoms with Gasteiger partial charge in [-0.3, -0.25) is 0 Å². The van der Waals surface area contributed by atoms with Gasteiger partial charge in [-0.15, -0.1) is 0 Å². The molecule has 0 radical (unpaired) electrons. The van der Waals surface area contributed by atoms with Crippen molar-refractivity contribution in [1.82, 2.24) is 9.97 Å². The number of rotatable bonds is 2. The van der Waals surface area contributed by atoms with Crippen molar-refractivity contribution in [2.24, 2.45) is 0 Å². The molecule has 1 aromatic heterocycles. The molecule has 0 aliphatic carbocycles. The van der Waals surface area contributed by atoms with Crippen LogP contribution in [0.2, 0.25) is 0 Å². The van der Waals surface area contributed by atoms with E-state index in [0.717, 1.165) is 23.3 Å². The zero-order chi connectivity index (χ0) is 11.8. The number of nitrogens with zero attached hydrogens (tertiary/aromatic N) is 1. The highest BCUT2D eigenvalue weighted by atomic mass is 16.5. The van der Waals surface area contributed by atoms with Crippen LogP contribution in [0.4, 0.5) is 0 Å². The van der Waals surface area contributed by atoms with E-state index < -0.39 is 5.97 Å². The summed E-state index contributed by atoms with van der Waals surface area (Å²) in [5.74, 6) is -0.191. The standard InChI is InChI=1S/C12H10N2O3/c15-12(16)11-13-6-9(14-11)7-1-2-10-8(5-7)3-4-17-10/h1-2,5-6H,3-4H2,(H,13,14)(H,15,16). The molecule has 0 saturated carbocycles. The minimum absolute atomic E-state index is 0.0447. The van der Waals surface area contributed by atoms with Crippen molar-refractivity contribution in [3.05, 3.63) is 35.8 Å². The second-order valence-corrected chi connectivity index (χ2v) is 3.87. The van der Waals surface area contributed by atoms with Gasteiger partial charge < -0.3 is 14.8 Å². The fourth-order valence-corrected chi connectivity index (χ4v) is 1.93. The second kappa shape index (κ2) is 3.62. The quantitative estimate of drug-likeness (QED) is 0.823. The van der Waals surface area contributed by atoms with E-state index in [0.29, 0.717) is 12.3 Å². The Bertz CT molecular complexity index is 589. The minimum Gasteiger partial charge on any atom is -0.493 e. The number of aromatic carboxylic acids is 1. The number of carbonyl (C=O) groups is 1. The molecule has 2 heterocycles. The van der Waals surface area contributed by atoms with Crippen LogP contribution < -0.4 is 4.74 Å². The van der Waals surface area contributed by atoms with Gasteiger partial charge in [0, 0.05) is 12.0 Å². The molecule has 3 rings (SSSR count). The first-order chi connectivity index (χ1) is 8.24. The van der Waals surface area contributed by atoms with E-state index in [-0.39, 0.29) is 5.82 Å². The van der Waals surface area contributed by atoms with Gasteiger partial charge in [-0.2, -0.15) is 0 Å². The summed E-state index contributed by atoms with van der Waals surface area (Å²) in [5, 5.41) is 8.79. The third kappa shape index (κ3) is 1.65. The number of hydrogen-bond acceptors (Lipinski definition) is 3. The number of aromatic nitrogens is 2. The molecule has 86 valence electrons. The number of imidazole rings is 1. The molecule has 1 aromatic carbocycles. The van der Waals surface area contributed by atoms with Crippen molar-refractivity contribution in [3.63, 3.8) is 0 Å². The van der Waals surface area contributed by atoms with Crippen molar-refractivity contribution in [2.75, 3.05) is 6.61 Å². The minimum atomic E-state index is -1.05. The van der Waals surface area contributed by atoms with E-state index in [4.69, 9.17) is 9.84 Å². The summed E-state index contributed by atoms with van der Waals surface area (Å²) in [6, 6.07) is 5.80. The number of H-pyrrole nitrogens is 1. The number of aromatic amines is 1. The molecule has 2 N–H and O–H groups in total. The number of ether oxygens (including phenoxy) is 1. The zero-order valence-electron chi connectivity index (χ0n) is 8.93. The topological polar surface area (TPSA) is 75.2 Å². The lowest BCUT2D eigenvalue weighted by atomic mass is 10.1. The Morgan fingerprint density at radius 1 is 1.47 bits per heavy atom. The number of hydrogen-bond donors (Lipinski definition) is 2. The lowest BCUT2D eigenvalue weighted by Gasteiger charge is -2.01. The molecule has 0 amide bonds. The van der Waals surface area contributed by atoms with E-state index in [9.17, 15) is 4.79 Å². The van der Waals surface area contributed by atoms with Gasteiger partial charge in [-0.25, -0.2) is 9.78 Å². The zero-order valence-corrected chi connectivity index (χ0v) is 8.93. The predicted octanol–water partition coefficient (Wildman–Crippen LogP) is 1.71. The first-order valence-corrected chi connectivity index (χ1v) is 5.28. The number of carboxylic acids is 1. The van der Waals surface area contributed by atoms with E-state index >= 15 is 0 Å². The van der Waals surface area contributed by atoms with Gasteiger partial charge >= 0.3 is 5.97 Å². The highest BCUT2D eigenvalue weighted by molar-refractivity contribution is 5.84. The lowest BCUT2D eigenvalue weighted by molar-refractivity contribution is 0.0685. The Morgan fingerprint density at radius 2 is 2.35 bits per heavy atom. The predicted molar refractivity (Wildman–Crippen MR) is 60.2 cm³/mol. The van der Waals surface area contributed by atoms with Crippen LogP contribution in [0, 0.1) is 0 Å². The van der Waals surface area contributed by atoms with Crippen LogP contribution in [0.15, 0.2) is 24.4 Å². The lowest BCUT2D eigenvalue weighted by Crippen LogP contribution is -1.98. The molecule has 1 aliphatic heterocycles. The molecule has 0 bridgehead atoms. The smallest absolute Gasteiger partial charge is 0.371 e. The monoisotopic (exact) mass is 230 g/mol. The van der Waals surface area contributed by atoms with Gasteiger partial charge in [0.15, 0.2) is 0 Å². The number of nitrogens with one attached hydrogen (secondary N) is 1. The molecule has 0 atom stereocenters. The van der Waals surface area contributed by atoms with Gasteiger partial charge in [0.1, 0.15) is 5.75 Å². The molecule has 0 fully saturated rings. The van der Waals surface area contributed by atoms with Crippen molar-refractivity contribution < 1.29 is 14.6 Å². The molecule has 0 saturated heterocycles. The Morgan fingerprint density at radius 3 is 3.12 bits per heavy atom. The third-order valence-corrected chi connectivity index (χ3v) is 2.78. The Balaban J connectivity index is 2.00. The van der Waals surface area contributed by atoms with Crippen molar-refractivity contribution in [3.8, 4) is 17.0 Å². The molecule has 2 aromatic rings. The van der Waals surface area contributed by atoms with Crippen LogP contribution in [0.5, 0.6) is 5.75 Å². The summed E-state index contributed by atoms with van der Waals surface area (Å²) in [5.41, 5.74) is 2.78. The van der Waals surface area contributed by atoms with Gasteiger partial charge in [-0.1, -0.05) is 0 Å². The summed E-state index contributed by atoms with van der Waals surface area (Å²) < 4.78 is 5.41. The third-order valence-electron chi connectivity index (χ3n) is 2.78. The average Bonchev–Trinajstić information content (AvgIpc) is 2.97. The van der Waals surface area contributed by atoms with Gasteiger partial charge in [0.2, 0.25) is 5.82 Å². The Hall–Kier alpha value is -2.30. The molecular weight excluding hydrogens is 220 g/mol. The van der Waals surface area contributed by atoms with Gasteiger partial charge in [0.25, 0.3) is 0 Å². The number of fused-ring (bicyclic) bond motifs is 1. The maximum absolute atomic E-state index is 10.7. The molecule has 0 spiro atoms. The summed E-state index contributed by atoms with van der Waals surface area (Å²) in [6.45, 7) is 0.710. The Kier molecular flexibility index (Phi) is 2.11. The van der Waals surface area contributed by atoms with Crippen LogP contribution in [0.25, 0.3) is 11.3 Å². The second-order valence-electron chi connectivity index (χ2n) is 3.87. The fourth-order valence-electron chi connectivity index (χ4n) is 1.93. The maximum Gasteiger partial charge on any atom is 0.371 e. The summed E-state index contributed by atoms with van der Waals surface area (Å²) in [4.78, 5) is 17.3. The largest absolute Gasteiger partial charge is 0.493 e. The van der Waals surface area contributed by atoms with Crippen molar-refractivity contribution in [1.29, 1.82) is 0 Å². The first-order valence-electron chi connectivity index (χ1n) is 5.28. The summed E-state index contributed by atoms with van der Waals surface area (Å²) in [7, 11) is 0. The molecule has 5 heteroatoms. The van der Waals surface area contributed by atoms with Crippen LogP contribution in [-0.4, -0.2) is 27.7 Å². The van der Waals surface area contributed by atoms with Gasteiger partial charge in [0.05, 0.1) is 18.5 Å². The molecule has 1 aliphatic rings. The fraction of sp³-hybridized carbons (Fsp3) is 0.167. The summed E-state index contributed by atoms with van der Waals surface area (Å²) >= 11 is 0. The van der Waals surface area contributed by atoms with E-state index in [2.05, 4.69) is 9.97 Å². The van der Waals surface area contributed by atoms with E-state index in [1.165, 1.54) is 6.20 Å². The Labute approximate surface area is 97.1 Å². The molecular formula is C12H10N2O3. The maximum atomic E-state index is 10.7. The van der Waals surface area contributed by atoms with Crippen LogP contribution >= 0.6 is 0 Å². The summed E-state index contributed by atoms with van der Waals surface area (Å²) in [6.07, 6.45) is 2.42. The van der Waals surface area contributed by atoms with E-state index in [1.807, 2.05) is 18.2 Å². The van der Waals surface area contributed by atoms with Crippen molar-refractivity contribution in [2.45, 2.75) is 6.42 Å². The van der Waals surface area contributed by atoms with E-state index in [1.54, 1.807) is 0 Å². The number of carboxylic acid groups (broad SMARTS) is 1. The molecule has 17 heavy (non-hydrogen) atoms.